The Morgan fingerprint density at radius 3 is 1.24 bits per heavy atom. The zero-order valence-electron chi connectivity index (χ0n) is 39.2. The van der Waals surface area contributed by atoms with E-state index in [9.17, 15) is 0 Å². The van der Waals surface area contributed by atoms with Crippen molar-refractivity contribution in [1.82, 2.24) is 0 Å². The highest BCUT2D eigenvalue weighted by Gasteiger charge is 2.23. The van der Waals surface area contributed by atoms with Gasteiger partial charge < -0.3 is 18.6 Å². The number of hydrogen-bond donors (Lipinski definition) is 0. The molecule has 11 aromatic rings. The van der Waals surface area contributed by atoms with Gasteiger partial charge in [0.25, 0.3) is 0 Å². The van der Waals surface area contributed by atoms with E-state index in [2.05, 4.69) is 235 Å². The number of nitrogens with zero attached hydrogens (tertiary/aromatic N) is 2. The lowest BCUT2D eigenvalue weighted by molar-refractivity contribution is 0.656. The normalized spacial score (nSPS) is 12.2. The molecular formula is C62H56N2O2. The van der Waals surface area contributed by atoms with Gasteiger partial charge in [0.05, 0.1) is 5.69 Å². The van der Waals surface area contributed by atoms with E-state index >= 15 is 0 Å². The lowest BCUT2D eigenvalue weighted by atomic mass is 9.98. The van der Waals surface area contributed by atoms with Crippen LogP contribution in [0.15, 0.2) is 179 Å². The van der Waals surface area contributed by atoms with Gasteiger partial charge in [0.2, 0.25) is 0 Å². The fraction of sp³-hybridized carbons (Fsp3) is 0.194. The molecule has 0 spiro atoms. The first-order chi connectivity index (χ1) is 32.0. The molecule has 0 fully saturated rings. The molecule has 0 bridgehead atoms. The number of rotatable bonds is 10. The van der Waals surface area contributed by atoms with Crippen LogP contribution in [0.1, 0.15) is 101 Å². The maximum Gasteiger partial charge on any atom is 0.139 e. The molecule has 0 N–H and O–H groups in total. The predicted octanol–water partition coefficient (Wildman–Crippen LogP) is 19.2. The average molecular weight is 861 g/mol. The average Bonchev–Trinajstić information content (AvgIpc) is 3.87. The van der Waals surface area contributed by atoms with Gasteiger partial charge in [0.15, 0.2) is 0 Å². The SMILES string of the molecule is CC(C)c1ccc(N(c2ccc(C(C)C)cc2)c2ccc3cc4c(cc3c2)oc2cc3oc5cc(N(c6ccc(C(C)C)cc6)c6ccc(C(C)C)cc6)c6ccccc6c5c3cc24)cc1. The lowest BCUT2D eigenvalue weighted by Crippen LogP contribution is -2.11. The minimum absolute atomic E-state index is 0.447. The Balaban J connectivity index is 1.04. The number of furan rings is 2. The summed E-state index contributed by atoms with van der Waals surface area (Å²) < 4.78 is 13.6. The van der Waals surface area contributed by atoms with E-state index in [1.165, 1.54) is 22.3 Å². The molecule has 0 amide bonds. The third-order valence-electron chi connectivity index (χ3n) is 13.8. The molecule has 4 nitrogen and oxygen atoms in total. The summed E-state index contributed by atoms with van der Waals surface area (Å²) in [7, 11) is 0. The van der Waals surface area contributed by atoms with Crippen LogP contribution in [0.5, 0.6) is 0 Å². The largest absolute Gasteiger partial charge is 0.456 e. The minimum atomic E-state index is 0.447. The summed E-state index contributed by atoms with van der Waals surface area (Å²) in [5, 5.41) is 8.95. The molecule has 4 heteroatoms. The van der Waals surface area contributed by atoms with Gasteiger partial charge in [-0.25, -0.2) is 0 Å². The third kappa shape index (κ3) is 7.16. The van der Waals surface area contributed by atoms with Crippen molar-refractivity contribution in [2.75, 3.05) is 9.80 Å². The Morgan fingerprint density at radius 1 is 0.303 bits per heavy atom. The third-order valence-corrected chi connectivity index (χ3v) is 13.8. The molecule has 66 heavy (non-hydrogen) atoms. The van der Waals surface area contributed by atoms with E-state index in [0.29, 0.717) is 23.7 Å². The van der Waals surface area contributed by atoms with Crippen LogP contribution < -0.4 is 9.80 Å². The fourth-order valence-electron chi connectivity index (χ4n) is 9.85. The van der Waals surface area contributed by atoms with Gasteiger partial charge in [-0.1, -0.05) is 134 Å². The second-order valence-electron chi connectivity index (χ2n) is 19.4. The maximum atomic E-state index is 6.88. The molecule has 0 aliphatic heterocycles. The molecule has 0 atom stereocenters. The Morgan fingerprint density at radius 2 is 0.727 bits per heavy atom. The second kappa shape index (κ2) is 16.3. The van der Waals surface area contributed by atoms with E-state index in [4.69, 9.17) is 8.83 Å². The van der Waals surface area contributed by atoms with Crippen LogP contribution in [-0.2, 0) is 0 Å². The highest BCUT2D eigenvalue weighted by atomic mass is 16.3. The smallest absolute Gasteiger partial charge is 0.139 e. The number of anilines is 6. The van der Waals surface area contributed by atoms with Gasteiger partial charge in [-0.2, -0.15) is 0 Å². The zero-order valence-corrected chi connectivity index (χ0v) is 39.2. The van der Waals surface area contributed by atoms with Crippen molar-refractivity contribution in [3.8, 4) is 0 Å². The summed E-state index contributed by atoms with van der Waals surface area (Å²) in [5.74, 6) is 1.82. The Kier molecular flexibility index (Phi) is 10.2. The molecule has 11 rings (SSSR count). The molecule has 0 saturated heterocycles. The lowest BCUT2D eigenvalue weighted by Gasteiger charge is -2.27. The van der Waals surface area contributed by atoms with Crippen LogP contribution in [-0.4, -0.2) is 0 Å². The van der Waals surface area contributed by atoms with Crippen molar-refractivity contribution in [1.29, 1.82) is 0 Å². The Labute approximate surface area is 387 Å². The van der Waals surface area contributed by atoms with E-state index in [0.717, 1.165) is 99.5 Å². The van der Waals surface area contributed by atoms with E-state index in [1.807, 2.05) is 0 Å². The van der Waals surface area contributed by atoms with Crippen molar-refractivity contribution in [3.05, 3.63) is 192 Å². The van der Waals surface area contributed by atoms with Crippen molar-refractivity contribution < 1.29 is 8.83 Å². The van der Waals surface area contributed by atoms with Gasteiger partial charge in [0, 0.05) is 67.5 Å². The van der Waals surface area contributed by atoms with Crippen LogP contribution in [0.4, 0.5) is 34.1 Å². The quantitative estimate of drug-likeness (QED) is 0.137. The van der Waals surface area contributed by atoms with Crippen LogP contribution >= 0.6 is 0 Å². The molecule has 0 saturated carbocycles. The number of benzene rings is 9. The molecule has 2 aromatic heterocycles. The van der Waals surface area contributed by atoms with Gasteiger partial charge in [0.1, 0.15) is 22.3 Å². The van der Waals surface area contributed by atoms with E-state index in [-0.39, 0.29) is 0 Å². The molecule has 2 heterocycles. The standard InChI is InChI=1S/C62H56N2O2/c1-37(2)41-13-22-47(23-14-41)63(48-24-15-42(16-25-48)38(3)4)51-30-21-45-32-54-55-34-56-60(36-59(55)65-58(54)33-46(45)31-51)66-61-35-57(52-11-9-10-12-53(52)62(56)61)64(49-26-17-43(18-27-49)39(5)6)50-28-19-44(20-29-50)40(7)8/h9-40H,1-8H3. The molecule has 326 valence electrons. The minimum Gasteiger partial charge on any atom is -0.456 e. The van der Waals surface area contributed by atoms with Crippen molar-refractivity contribution in [2.45, 2.75) is 79.1 Å². The van der Waals surface area contributed by atoms with Crippen molar-refractivity contribution >= 4 is 99.5 Å². The maximum absolute atomic E-state index is 6.88. The summed E-state index contributed by atoms with van der Waals surface area (Å²) >= 11 is 0. The number of hydrogen-bond acceptors (Lipinski definition) is 4. The Bertz CT molecular complexity index is 3470. The predicted molar refractivity (Wildman–Crippen MR) is 282 cm³/mol. The van der Waals surface area contributed by atoms with Gasteiger partial charge >= 0.3 is 0 Å². The van der Waals surface area contributed by atoms with Crippen LogP contribution in [0.25, 0.3) is 65.4 Å². The van der Waals surface area contributed by atoms with Crippen LogP contribution in [0, 0.1) is 0 Å². The number of fused-ring (bicyclic) bond motifs is 9. The van der Waals surface area contributed by atoms with Gasteiger partial charge in [-0.05, 0) is 141 Å². The summed E-state index contributed by atoms with van der Waals surface area (Å²) in [6.07, 6.45) is 0. The molecule has 0 unspecified atom stereocenters. The van der Waals surface area contributed by atoms with Crippen LogP contribution in [0.2, 0.25) is 0 Å². The van der Waals surface area contributed by atoms with E-state index in [1.54, 1.807) is 0 Å². The summed E-state index contributed by atoms with van der Waals surface area (Å²) in [4.78, 5) is 4.74. The topological polar surface area (TPSA) is 32.8 Å². The zero-order chi connectivity index (χ0) is 45.4. The highest BCUT2D eigenvalue weighted by molar-refractivity contribution is 6.25. The molecule has 0 aliphatic rings. The first-order valence-electron chi connectivity index (χ1n) is 23.7. The molecular weight excluding hydrogens is 805 g/mol. The highest BCUT2D eigenvalue weighted by Crippen LogP contribution is 2.47. The van der Waals surface area contributed by atoms with Crippen LogP contribution in [0.3, 0.4) is 0 Å². The first kappa shape index (κ1) is 41.4. The summed E-state index contributed by atoms with van der Waals surface area (Å²) in [5.41, 5.74) is 15.3. The van der Waals surface area contributed by atoms with Crippen molar-refractivity contribution in [3.63, 3.8) is 0 Å². The molecule has 0 radical (unpaired) electrons. The van der Waals surface area contributed by atoms with E-state index < -0.39 is 0 Å². The Hall–Kier alpha value is -7.30. The first-order valence-corrected chi connectivity index (χ1v) is 23.7. The second-order valence-corrected chi connectivity index (χ2v) is 19.4. The fourth-order valence-corrected chi connectivity index (χ4v) is 9.85. The van der Waals surface area contributed by atoms with Gasteiger partial charge in [-0.15, -0.1) is 0 Å². The summed E-state index contributed by atoms with van der Waals surface area (Å²) in [6.45, 7) is 17.9. The molecule has 9 aromatic carbocycles. The van der Waals surface area contributed by atoms with Crippen molar-refractivity contribution in [2.24, 2.45) is 0 Å². The van der Waals surface area contributed by atoms with Gasteiger partial charge in [-0.3, -0.25) is 0 Å². The summed E-state index contributed by atoms with van der Waals surface area (Å²) in [6, 6.07) is 62.7. The monoisotopic (exact) mass is 860 g/mol. The molecule has 0 aliphatic carbocycles.